The van der Waals surface area contributed by atoms with Crippen molar-refractivity contribution in [2.75, 3.05) is 31.1 Å². The van der Waals surface area contributed by atoms with Crippen LogP contribution >= 0.6 is 0 Å². The van der Waals surface area contributed by atoms with E-state index in [1.54, 1.807) is 6.26 Å². The Morgan fingerprint density at radius 2 is 1.82 bits per heavy atom. The Balaban J connectivity index is 1.25. The number of ether oxygens (including phenoxy) is 1. The first-order valence-corrected chi connectivity index (χ1v) is 21.2. The van der Waals surface area contributed by atoms with Crippen LogP contribution in [0, 0.1) is 23.2 Å². The summed E-state index contributed by atoms with van der Waals surface area (Å²) in [5.74, 6) is 0.177. The zero-order valence-electron chi connectivity index (χ0n) is 34.7. The van der Waals surface area contributed by atoms with E-state index in [1.165, 1.54) is 29.8 Å². The van der Waals surface area contributed by atoms with Gasteiger partial charge in [-0.05, 0) is 93.0 Å². The fourth-order valence-corrected chi connectivity index (χ4v) is 9.36. The summed E-state index contributed by atoms with van der Waals surface area (Å²) < 4.78 is 14.7. The lowest BCUT2D eigenvalue weighted by Crippen LogP contribution is -2.60. The molecular weight excluding hydrogens is 719 g/mol. The standard InChI is InChI=1S/C45H59N7O5/c1-8-51-37-15-14-29-19-32(37)34(40(51)33-21-31(23-46-39(33)26(2)3)50-16-10-9-11-17-50)22-45(6,7)25-57-44(55)35-13-12-18-52(49-35)43(54)36(20-30-24-56-42(29)47-30)48-41(53)38-27(4)28(38)5/h14-15,19,21,23-24,26-28,35-36,38,49H,8-13,16-18,20,22,25H2,1-7H3,(H,48,53)/t27-,28+,35-,36-,38?/m0/s1. The zero-order valence-corrected chi connectivity index (χ0v) is 34.7. The summed E-state index contributed by atoms with van der Waals surface area (Å²) in [6, 6.07) is 7.14. The molecule has 3 aromatic heterocycles. The number of esters is 1. The fourth-order valence-electron chi connectivity index (χ4n) is 9.36. The van der Waals surface area contributed by atoms with Gasteiger partial charge in [0.1, 0.15) is 18.3 Å². The quantitative estimate of drug-likeness (QED) is 0.198. The highest BCUT2D eigenvalue weighted by molar-refractivity contribution is 5.95. The molecule has 304 valence electrons. The Morgan fingerprint density at radius 3 is 2.54 bits per heavy atom. The number of anilines is 1. The Bertz CT molecular complexity index is 2160. The van der Waals surface area contributed by atoms with Crippen molar-refractivity contribution < 1.29 is 23.5 Å². The van der Waals surface area contributed by atoms with Gasteiger partial charge in [-0.1, -0.05) is 41.5 Å². The Kier molecular flexibility index (Phi) is 10.7. The van der Waals surface area contributed by atoms with Crippen molar-refractivity contribution >= 4 is 34.4 Å². The van der Waals surface area contributed by atoms with E-state index in [2.05, 4.69) is 93.1 Å². The monoisotopic (exact) mass is 777 g/mol. The number of aryl methyl sites for hydroxylation is 1. The highest BCUT2D eigenvalue weighted by Crippen LogP contribution is 2.46. The molecule has 5 atom stereocenters. The van der Waals surface area contributed by atoms with E-state index < -0.39 is 17.5 Å². The minimum absolute atomic E-state index is 0.138. The average Bonchev–Trinajstić information content (AvgIpc) is 3.47. The maximum Gasteiger partial charge on any atom is 0.324 e. The van der Waals surface area contributed by atoms with Crippen LogP contribution in [0.1, 0.15) is 103 Å². The lowest BCUT2D eigenvalue weighted by atomic mass is 9.84. The maximum absolute atomic E-state index is 14.1. The molecule has 1 aromatic carbocycles. The number of hydrogen-bond donors (Lipinski definition) is 2. The van der Waals surface area contributed by atoms with Gasteiger partial charge >= 0.3 is 5.97 Å². The number of hydrazine groups is 1. The van der Waals surface area contributed by atoms with Gasteiger partial charge in [0.2, 0.25) is 11.8 Å². The summed E-state index contributed by atoms with van der Waals surface area (Å²) in [6.45, 7) is 18.4. The summed E-state index contributed by atoms with van der Waals surface area (Å²) in [7, 11) is 0. The minimum atomic E-state index is -0.893. The van der Waals surface area contributed by atoms with Crippen molar-refractivity contribution in [3.05, 3.63) is 53.7 Å². The first kappa shape index (κ1) is 39.1. The van der Waals surface area contributed by atoms with Crippen LogP contribution in [0.25, 0.3) is 33.6 Å². The molecule has 4 aliphatic rings. The predicted octanol–water partition coefficient (Wildman–Crippen LogP) is 7.04. The molecule has 0 spiro atoms. The van der Waals surface area contributed by atoms with Crippen molar-refractivity contribution in [2.24, 2.45) is 23.2 Å². The van der Waals surface area contributed by atoms with Gasteiger partial charge in [-0.25, -0.2) is 10.4 Å². The van der Waals surface area contributed by atoms with Gasteiger partial charge in [0.25, 0.3) is 5.91 Å². The Labute approximate surface area is 336 Å². The van der Waals surface area contributed by atoms with Gasteiger partial charge in [-0.2, -0.15) is 0 Å². The van der Waals surface area contributed by atoms with Crippen LogP contribution in [-0.2, 0) is 38.5 Å². The Hall–Kier alpha value is -4.71. The zero-order chi connectivity index (χ0) is 40.2. The van der Waals surface area contributed by atoms with Crippen LogP contribution in [0.15, 0.2) is 41.1 Å². The van der Waals surface area contributed by atoms with Gasteiger partial charge in [0.05, 0.1) is 35.6 Å². The number of nitrogens with zero attached hydrogens (tertiary/aromatic N) is 5. The molecular formula is C45H59N7O5. The molecule has 4 aromatic rings. The molecule has 3 fully saturated rings. The van der Waals surface area contributed by atoms with Crippen LogP contribution in [0.5, 0.6) is 0 Å². The molecule has 1 unspecified atom stereocenters. The number of pyridine rings is 1. The van der Waals surface area contributed by atoms with Crippen LogP contribution in [0.4, 0.5) is 5.69 Å². The summed E-state index contributed by atoms with van der Waals surface area (Å²) in [5.41, 5.74) is 10.8. The normalized spacial score (nSPS) is 25.4. The minimum Gasteiger partial charge on any atom is -0.464 e. The topological polar surface area (TPSA) is 135 Å². The summed E-state index contributed by atoms with van der Waals surface area (Å²) in [6.07, 6.45) is 9.20. The van der Waals surface area contributed by atoms with E-state index >= 15 is 0 Å². The first-order valence-electron chi connectivity index (χ1n) is 21.2. The van der Waals surface area contributed by atoms with Crippen molar-refractivity contribution in [1.29, 1.82) is 0 Å². The average molecular weight is 778 g/mol. The number of oxazole rings is 1. The van der Waals surface area contributed by atoms with Gasteiger partial charge in [-0.15, -0.1) is 0 Å². The van der Waals surface area contributed by atoms with Crippen molar-refractivity contribution in [1.82, 2.24) is 30.3 Å². The molecule has 2 saturated heterocycles. The van der Waals surface area contributed by atoms with Crippen LogP contribution in [0.3, 0.4) is 0 Å². The van der Waals surface area contributed by atoms with E-state index in [4.69, 9.17) is 19.1 Å². The second-order valence-corrected chi connectivity index (χ2v) is 18.0. The molecule has 8 rings (SSSR count). The van der Waals surface area contributed by atoms with E-state index in [0.29, 0.717) is 37.4 Å². The van der Waals surface area contributed by atoms with Crippen molar-refractivity contribution in [2.45, 2.75) is 118 Å². The molecule has 2 amide bonds. The molecule has 1 aliphatic carbocycles. The van der Waals surface area contributed by atoms with E-state index in [-0.39, 0.29) is 54.5 Å². The third kappa shape index (κ3) is 7.69. The number of nitrogens with one attached hydrogen (secondary N) is 2. The number of rotatable bonds is 6. The molecule has 1 saturated carbocycles. The van der Waals surface area contributed by atoms with Gasteiger partial charge < -0.3 is 23.9 Å². The maximum atomic E-state index is 14.1. The summed E-state index contributed by atoms with van der Waals surface area (Å²) in [5, 5.41) is 5.61. The number of piperidine rings is 1. The summed E-state index contributed by atoms with van der Waals surface area (Å²) in [4.78, 5) is 53.9. The second-order valence-electron chi connectivity index (χ2n) is 18.0. The molecule has 6 bridgehead atoms. The summed E-state index contributed by atoms with van der Waals surface area (Å²) >= 11 is 0. The van der Waals surface area contributed by atoms with E-state index in [9.17, 15) is 14.4 Å². The molecule has 3 aliphatic heterocycles. The number of carbonyl (C=O) groups excluding carboxylic acids is 3. The number of carbonyl (C=O) groups is 3. The second kappa shape index (κ2) is 15.6. The predicted molar refractivity (Wildman–Crippen MR) is 220 cm³/mol. The van der Waals surface area contributed by atoms with Crippen molar-refractivity contribution in [3.63, 3.8) is 0 Å². The van der Waals surface area contributed by atoms with Crippen LogP contribution in [0.2, 0.25) is 0 Å². The number of amides is 2. The lowest BCUT2D eigenvalue weighted by molar-refractivity contribution is -0.155. The van der Waals surface area contributed by atoms with Gasteiger partial charge in [0, 0.05) is 66.0 Å². The molecule has 57 heavy (non-hydrogen) atoms. The lowest BCUT2D eigenvalue weighted by Gasteiger charge is -2.35. The number of hydrogen-bond acceptors (Lipinski definition) is 9. The van der Waals surface area contributed by atoms with Gasteiger partial charge in [-0.3, -0.25) is 24.4 Å². The highest BCUT2D eigenvalue weighted by atomic mass is 16.5. The smallest absolute Gasteiger partial charge is 0.324 e. The number of benzene rings is 1. The van der Waals surface area contributed by atoms with Crippen LogP contribution in [-0.4, -0.2) is 75.7 Å². The molecule has 12 nitrogen and oxygen atoms in total. The Morgan fingerprint density at radius 1 is 1.05 bits per heavy atom. The SMILES string of the molecule is CCn1c(-c2cc(N3CCCCC3)cnc2C(C)C)c2c3cc(ccc31)-c1nc(co1)C[C@H](NC(=O)C1[C@@H](C)[C@H]1C)C(=O)N1CCC[C@H](N1)C(=O)OCC(C)(C)C2. The first-order chi connectivity index (χ1) is 27.3. The highest BCUT2D eigenvalue weighted by Gasteiger charge is 2.49. The third-order valence-electron chi connectivity index (χ3n) is 12.9. The number of cyclic esters (lactones) is 1. The number of fused-ring (bicyclic) bond motifs is 6. The molecule has 0 radical (unpaired) electrons. The fraction of sp³-hybridized carbons (Fsp3) is 0.578. The molecule has 12 heteroatoms. The largest absolute Gasteiger partial charge is 0.464 e. The molecule has 2 N–H and O–H groups in total. The number of aromatic nitrogens is 3. The third-order valence-corrected chi connectivity index (χ3v) is 12.9. The van der Waals surface area contributed by atoms with E-state index in [0.717, 1.165) is 58.7 Å². The molecule has 6 heterocycles. The van der Waals surface area contributed by atoms with Crippen molar-refractivity contribution in [3.8, 4) is 22.7 Å². The van der Waals surface area contributed by atoms with E-state index in [1.807, 2.05) is 6.07 Å². The van der Waals surface area contributed by atoms with Gasteiger partial charge in [0.15, 0.2) is 0 Å². The van der Waals surface area contributed by atoms with Crippen LogP contribution < -0.4 is 15.6 Å².